The summed E-state index contributed by atoms with van der Waals surface area (Å²) >= 11 is 0. The number of esters is 1. The summed E-state index contributed by atoms with van der Waals surface area (Å²) < 4.78 is 10.8. The van der Waals surface area contributed by atoms with Crippen LogP contribution in [0.2, 0.25) is 0 Å². The van der Waals surface area contributed by atoms with Crippen LogP contribution < -0.4 is 10.1 Å². The molecule has 0 heterocycles. The molecule has 0 aliphatic rings. The lowest BCUT2D eigenvalue weighted by Gasteiger charge is -2.16. The molecular weight excluding hydrogens is 366 g/mol. The minimum absolute atomic E-state index is 0.378. The second-order valence-electron chi connectivity index (χ2n) is 6.40. The molecule has 148 valence electrons. The van der Waals surface area contributed by atoms with Gasteiger partial charge in [-0.05, 0) is 30.2 Å². The number of hydrogen-bond donors (Lipinski definition) is 1. The molecule has 0 aromatic heterocycles. The summed E-state index contributed by atoms with van der Waals surface area (Å²) in [4.78, 5) is 24.6. The third-order valence-electron chi connectivity index (χ3n) is 4.29. The van der Waals surface area contributed by atoms with Gasteiger partial charge in [0.2, 0.25) is 0 Å². The number of anilines is 1. The molecule has 0 saturated carbocycles. The fourth-order valence-electron chi connectivity index (χ4n) is 2.84. The van der Waals surface area contributed by atoms with Crippen molar-refractivity contribution in [3.05, 3.63) is 84.9 Å². The van der Waals surface area contributed by atoms with Crippen molar-refractivity contribution in [2.24, 2.45) is 0 Å². The predicted octanol–water partition coefficient (Wildman–Crippen LogP) is 4.69. The minimum Gasteiger partial charge on any atom is -0.479 e. The Labute approximate surface area is 170 Å². The number of ether oxygens (including phenoxy) is 2. The fraction of sp³-hybridized carbons (Fsp3) is 0.167. The quantitative estimate of drug-likeness (QED) is 0.568. The van der Waals surface area contributed by atoms with Crippen LogP contribution in [0.1, 0.15) is 13.3 Å². The van der Waals surface area contributed by atoms with Gasteiger partial charge in [-0.3, -0.25) is 4.79 Å². The highest BCUT2D eigenvalue weighted by atomic mass is 16.6. The first-order chi connectivity index (χ1) is 14.2. The largest absolute Gasteiger partial charge is 0.479 e. The molecule has 0 aliphatic heterocycles. The van der Waals surface area contributed by atoms with E-state index in [4.69, 9.17) is 9.47 Å². The van der Waals surface area contributed by atoms with Gasteiger partial charge in [-0.15, -0.1) is 0 Å². The zero-order valence-electron chi connectivity index (χ0n) is 16.2. The molecule has 0 bridgehead atoms. The maximum atomic E-state index is 12.3. The van der Waals surface area contributed by atoms with Crippen molar-refractivity contribution in [3.8, 4) is 16.9 Å². The summed E-state index contributed by atoms with van der Waals surface area (Å²) in [5, 5.41) is 2.81. The Morgan fingerprint density at radius 3 is 2.17 bits per heavy atom. The normalized spacial score (nSPS) is 11.3. The number of nitrogens with one attached hydrogen (secondary N) is 1. The van der Waals surface area contributed by atoms with Crippen molar-refractivity contribution in [1.82, 2.24) is 0 Å². The zero-order chi connectivity index (χ0) is 20.5. The molecule has 0 radical (unpaired) electrons. The van der Waals surface area contributed by atoms with Gasteiger partial charge in [-0.25, -0.2) is 4.79 Å². The summed E-state index contributed by atoms with van der Waals surface area (Å²) in [5.41, 5.74) is 2.54. The number of carbonyl (C=O) groups excluding carboxylic acids is 2. The van der Waals surface area contributed by atoms with Crippen molar-refractivity contribution in [2.45, 2.75) is 19.4 Å². The number of rotatable bonds is 8. The lowest BCUT2D eigenvalue weighted by atomic mass is 10.0. The molecule has 1 amide bonds. The monoisotopic (exact) mass is 389 g/mol. The Bertz CT molecular complexity index is 941. The first-order valence-corrected chi connectivity index (χ1v) is 9.50. The molecule has 3 rings (SSSR count). The van der Waals surface area contributed by atoms with Crippen LogP contribution in [0.4, 0.5) is 5.69 Å². The van der Waals surface area contributed by atoms with Crippen molar-refractivity contribution in [3.63, 3.8) is 0 Å². The van der Waals surface area contributed by atoms with E-state index in [2.05, 4.69) is 5.32 Å². The molecule has 0 saturated heterocycles. The van der Waals surface area contributed by atoms with Gasteiger partial charge in [-0.1, -0.05) is 73.7 Å². The summed E-state index contributed by atoms with van der Waals surface area (Å²) in [6, 6.07) is 26.3. The van der Waals surface area contributed by atoms with Crippen LogP contribution in [0.25, 0.3) is 11.1 Å². The van der Waals surface area contributed by atoms with E-state index in [1.807, 2.05) is 79.7 Å². The summed E-state index contributed by atoms with van der Waals surface area (Å²) in [6.07, 6.45) is -0.326. The third-order valence-corrected chi connectivity index (χ3v) is 4.29. The molecular formula is C24H23NO4. The van der Waals surface area contributed by atoms with Crippen molar-refractivity contribution < 1.29 is 19.1 Å². The van der Waals surface area contributed by atoms with E-state index in [1.165, 1.54) is 0 Å². The molecule has 0 aliphatic carbocycles. The van der Waals surface area contributed by atoms with Gasteiger partial charge in [0.25, 0.3) is 5.91 Å². The topological polar surface area (TPSA) is 64.6 Å². The Morgan fingerprint density at radius 2 is 1.48 bits per heavy atom. The van der Waals surface area contributed by atoms with Crippen LogP contribution in [0.5, 0.6) is 5.75 Å². The lowest BCUT2D eigenvalue weighted by Crippen LogP contribution is -2.31. The molecule has 0 spiro atoms. The second-order valence-corrected chi connectivity index (χ2v) is 6.40. The third kappa shape index (κ3) is 5.69. The molecule has 3 aromatic carbocycles. The number of carbonyl (C=O) groups is 2. The van der Waals surface area contributed by atoms with Crippen LogP contribution in [-0.4, -0.2) is 24.6 Å². The van der Waals surface area contributed by atoms with Gasteiger partial charge in [0, 0.05) is 11.3 Å². The van der Waals surface area contributed by atoms with Crippen LogP contribution in [0, 0.1) is 0 Å². The number of benzene rings is 3. The molecule has 1 N–H and O–H groups in total. The predicted molar refractivity (Wildman–Crippen MR) is 113 cm³/mol. The van der Waals surface area contributed by atoms with Gasteiger partial charge >= 0.3 is 5.97 Å². The van der Waals surface area contributed by atoms with E-state index < -0.39 is 18.0 Å². The van der Waals surface area contributed by atoms with Crippen LogP contribution in [0.3, 0.4) is 0 Å². The van der Waals surface area contributed by atoms with Gasteiger partial charge in [0.05, 0.1) is 0 Å². The molecule has 0 fully saturated rings. The molecule has 3 aromatic rings. The Balaban J connectivity index is 1.58. The van der Waals surface area contributed by atoms with Gasteiger partial charge in [0.1, 0.15) is 5.75 Å². The smallest absolute Gasteiger partial charge is 0.347 e. The average molecular weight is 389 g/mol. The lowest BCUT2D eigenvalue weighted by molar-refractivity contribution is -0.154. The van der Waals surface area contributed by atoms with E-state index in [1.54, 1.807) is 12.1 Å². The maximum absolute atomic E-state index is 12.3. The highest BCUT2D eigenvalue weighted by molar-refractivity contribution is 5.97. The minimum atomic E-state index is -0.762. The van der Waals surface area contributed by atoms with Gasteiger partial charge < -0.3 is 14.8 Å². The molecule has 5 nitrogen and oxygen atoms in total. The van der Waals surface area contributed by atoms with E-state index in [-0.39, 0.29) is 6.61 Å². The number of para-hydroxylation sites is 2. The van der Waals surface area contributed by atoms with Crippen LogP contribution in [-0.2, 0) is 14.3 Å². The molecule has 5 heteroatoms. The Morgan fingerprint density at radius 1 is 0.862 bits per heavy atom. The summed E-state index contributed by atoms with van der Waals surface area (Å²) in [6.45, 7) is 1.45. The maximum Gasteiger partial charge on any atom is 0.347 e. The van der Waals surface area contributed by atoms with Crippen LogP contribution >= 0.6 is 0 Å². The second kappa shape index (κ2) is 10.1. The fourth-order valence-corrected chi connectivity index (χ4v) is 2.84. The zero-order valence-corrected chi connectivity index (χ0v) is 16.2. The number of amides is 1. The standard InChI is InChI=1S/C24H23NO4/c1-2-22(29-19-13-7-4-8-14-19)24(27)28-17-23(26)25-21-16-10-9-15-20(21)18-11-5-3-6-12-18/h3-16,22H,2,17H2,1H3,(H,25,26). The molecule has 29 heavy (non-hydrogen) atoms. The average Bonchev–Trinajstić information content (AvgIpc) is 2.77. The summed E-state index contributed by atoms with van der Waals surface area (Å²) in [7, 11) is 0. The molecule has 1 atom stereocenters. The van der Waals surface area contributed by atoms with Gasteiger partial charge in [-0.2, -0.15) is 0 Å². The van der Waals surface area contributed by atoms with E-state index in [0.717, 1.165) is 11.1 Å². The van der Waals surface area contributed by atoms with Gasteiger partial charge in [0.15, 0.2) is 12.7 Å². The van der Waals surface area contributed by atoms with Crippen molar-refractivity contribution in [2.75, 3.05) is 11.9 Å². The number of hydrogen-bond acceptors (Lipinski definition) is 4. The summed E-state index contributed by atoms with van der Waals surface area (Å²) in [5.74, 6) is -0.392. The molecule has 1 unspecified atom stereocenters. The van der Waals surface area contributed by atoms with Crippen LogP contribution in [0.15, 0.2) is 84.9 Å². The first kappa shape index (κ1) is 20.1. The SMILES string of the molecule is CCC(Oc1ccccc1)C(=O)OCC(=O)Nc1ccccc1-c1ccccc1. The van der Waals surface area contributed by atoms with E-state index in [0.29, 0.717) is 17.9 Å². The van der Waals surface area contributed by atoms with E-state index >= 15 is 0 Å². The van der Waals surface area contributed by atoms with E-state index in [9.17, 15) is 9.59 Å². The van der Waals surface area contributed by atoms with Crippen molar-refractivity contribution >= 4 is 17.6 Å². The first-order valence-electron chi connectivity index (χ1n) is 9.50. The highest BCUT2D eigenvalue weighted by Gasteiger charge is 2.21. The Kier molecular flexibility index (Phi) is 7.00. The Hall–Kier alpha value is -3.60. The van der Waals surface area contributed by atoms with Crippen molar-refractivity contribution in [1.29, 1.82) is 0 Å². The highest BCUT2D eigenvalue weighted by Crippen LogP contribution is 2.27.